The molecule has 0 saturated carbocycles. The van der Waals surface area contributed by atoms with Crippen LogP contribution in [0.25, 0.3) is 0 Å². The maximum absolute atomic E-state index is 13.5. The van der Waals surface area contributed by atoms with Crippen LogP contribution in [-0.2, 0) is 9.47 Å². The van der Waals surface area contributed by atoms with E-state index in [0.29, 0.717) is 6.54 Å². The van der Waals surface area contributed by atoms with Crippen molar-refractivity contribution in [2.75, 3.05) is 26.3 Å². The van der Waals surface area contributed by atoms with E-state index in [1.54, 1.807) is 27.7 Å². The van der Waals surface area contributed by atoms with Crippen LogP contribution in [0.5, 0.6) is 0 Å². The molecule has 1 rings (SSSR count). The number of hydrogen-bond donors (Lipinski definition) is 1. The SMILES string of the molecule is C[C@@H]1CN(C(=O)OC(C)(C)C)C/C(=C(\F)CO)CO1. The second kappa shape index (κ2) is 6.34. The Morgan fingerprint density at radius 2 is 2.21 bits per heavy atom. The van der Waals surface area contributed by atoms with E-state index in [-0.39, 0.29) is 24.8 Å². The Balaban J connectivity index is 2.83. The molecule has 1 aliphatic rings. The lowest BCUT2D eigenvalue weighted by Crippen LogP contribution is -2.40. The molecule has 0 unspecified atom stereocenters. The van der Waals surface area contributed by atoms with Crippen LogP contribution in [0.3, 0.4) is 0 Å². The summed E-state index contributed by atoms with van der Waals surface area (Å²) in [5.41, 5.74) is -0.329. The van der Waals surface area contributed by atoms with E-state index >= 15 is 0 Å². The van der Waals surface area contributed by atoms with Gasteiger partial charge in [0.25, 0.3) is 0 Å². The first-order valence-corrected chi connectivity index (χ1v) is 6.29. The molecule has 0 spiro atoms. The molecule has 1 amide bonds. The van der Waals surface area contributed by atoms with Gasteiger partial charge in [-0.1, -0.05) is 0 Å². The zero-order chi connectivity index (χ0) is 14.6. The normalized spacial score (nSPS) is 23.9. The van der Waals surface area contributed by atoms with E-state index in [9.17, 15) is 9.18 Å². The highest BCUT2D eigenvalue weighted by atomic mass is 19.1. The van der Waals surface area contributed by atoms with Gasteiger partial charge in [-0.15, -0.1) is 0 Å². The molecule has 5 nitrogen and oxygen atoms in total. The fourth-order valence-electron chi connectivity index (χ4n) is 1.69. The molecule has 1 aliphatic heterocycles. The Morgan fingerprint density at radius 3 is 2.74 bits per heavy atom. The molecular formula is C13H22FNO4. The first-order chi connectivity index (χ1) is 8.73. The van der Waals surface area contributed by atoms with Crippen LogP contribution in [-0.4, -0.2) is 54.1 Å². The summed E-state index contributed by atoms with van der Waals surface area (Å²) in [5.74, 6) is -0.650. The summed E-state index contributed by atoms with van der Waals surface area (Å²) in [6.45, 7) is 6.91. The third kappa shape index (κ3) is 5.16. The van der Waals surface area contributed by atoms with Crippen molar-refractivity contribution in [3.8, 4) is 0 Å². The Morgan fingerprint density at radius 1 is 1.58 bits per heavy atom. The number of carbonyl (C=O) groups is 1. The first-order valence-electron chi connectivity index (χ1n) is 6.29. The molecule has 110 valence electrons. The summed E-state index contributed by atoms with van der Waals surface area (Å²) in [5, 5.41) is 8.83. The summed E-state index contributed by atoms with van der Waals surface area (Å²) in [6.07, 6.45) is -0.718. The van der Waals surface area contributed by atoms with Crippen molar-refractivity contribution in [2.24, 2.45) is 0 Å². The van der Waals surface area contributed by atoms with Gasteiger partial charge in [0.1, 0.15) is 11.4 Å². The molecule has 1 saturated heterocycles. The Kier molecular flexibility index (Phi) is 5.31. The predicted molar refractivity (Wildman–Crippen MR) is 68.4 cm³/mol. The molecule has 0 aliphatic carbocycles. The fraction of sp³-hybridized carbons (Fsp3) is 0.769. The van der Waals surface area contributed by atoms with Gasteiger partial charge in [0, 0.05) is 5.57 Å². The van der Waals surface area contributed by atoms with Crippen molar-refractivity contribution in [1.29, 1.82) is 0 Å². The van der Waals surface area contributed by atoms with Crippen molar-refractivity contribution >= 4 is 6.09 Å². The molecule has 0 aromatic carbocycles. The monoisotopic (exact) mass is 275 g/mol. The maximum Gasteiger partial charge on any atom is 0.410 e. The molecule has 1 fully saturated rings. The number of hydrogen-bond acceptors (Lipinski definition) is 4. The van der Waals surface area contributed by atoms with Crippen molar-refractivity contribution in [3.63, 3.8) is 0 Å². The van der Waals surface area contributed by atoms with Gasteiger partial charge in [0.2, 0.25) is 0 Å². The number of nitrogens with zero attached hydrogens (tertiary/aromatic N) is 1. The van der Waals surface area contributed by atoms with Crippen LogP contribution in [0.4, 0.5) is 9.18 Å². The van der Waals surface area contributed by atoms with Gasteiger partial charge in [0.15, 0.2) is 0 Å². The van der Waals surface area contributed by atoms with Crippen LogP contribution in [0.2, 0.25) is 0 Å². The third-order valence-corrected chi connectivity index (χ3v) is 2.58. The zero-order valence-corrected chi connectivity index (χ0v) is 11.9. The molecule has 1 N–H and O–H groups in total. The highest BCUT2D eigenvalue weighted by Crippen LogP contribution is 2.17. The van der Waals surface area contributed by atoms with Gasteiger partial charge in [0.05, 0.1) is 32.4 Å². The number of aliphatic hydroxyl groups is 1. The van der Waals surface area contributed by atoms with Crippen molar-refractivity contribution < 1.29 is 23.8 Å². The summed E-state index contributed by atoms with van der Waals surface area (Å²) < 4.78 is 24.1. The zero-order valence-electron chi connectivity index (χ0n) is 11.9. The predicted octanol–water partition coefficient (Wildman–Crippen LogP) is 1.86. The van der Waals surface area contributed by atoms with Crippen LogP contribution in [0, 0.1) is 0 Å². The van der Waals surface area contributed by atoms with Crippen LogP contribution in [0.15, 0.2) is 11.4 Å². The number of amides is 1. The Labute approximate surface area is 113 Å². The molecule has 1 heterocycles. The number of halogens is 1. The second-order valence-corrected chi connectivity index (χ2v) is 5.65. The van der Waals surface area contributed by atoms with Crippen LogP contribution >= 0.6 is 0 Å². The van der Waals surface area contributed by atoms with Gasteiger partial charge in [-0.3, -0.25) is 0 Å². The summed E-state index contributed by atoms with van der Waals surface area (Å²) in [7, 11) is 0. The average molecular weight is 275 g/mol. The average Bonchev–Trinajstić information content (AvgIpc) is 2.48. The van der Waals surface area contributed by atoms with Crippen molar-refractivity contribution in [3.05, 3.63) is 11.4 Å². The minimum absolute atomic E-state index is 0.0750. The van der Waals surface area contributed by atoms with Crippen molar-refractivity contribution in [1.82, 2.24) is 4.90 Å². The largest absolute Gasteiger partial charge is 0.444 e. The Bertz CT molecular complexity index is 362. The van der Waals surface area contributed by atoms with Crippen LogP contribution < -0.4 is 0 Å². The number of carbonyl (C=O) groups excluding carboxylic acids is 1. The standard InChI is InChI=1S/C13H22FNO4/c1-9-5-15(12(17)19-13(2,3)4)6-10(8-18-9)11(14)7-16/h9,16H,5-8H2,1-4H3/b11-10+/t9-/m1/s1. The summed E-state index contributed by atoms with van der Waals surface area (Å²) in [4.78, 5) is 13.4. The molecular weight excluding hydrogens is 253 g/mol. The smallest absolute Gasteiger partial charge is 0.410 e. The molecule has 0 aromatic rings. The van der Waals surface area contributed by atoms with E-state index in [4.69, 9.17) is 14.6 Å². The molecule has 1 atom stereocenters. The highest BCUT2D eigenvalue weighted by Gasteiger charge is 2.27. The Hall–Kier alpha value is -1.14. The highest BCUT2D eigenvalue weighted by molar-refractivity contribution is 5.68. The topological polar surface area (TPSA) is 59.0 Å². The van der Waals surface area contributed by atoms with E-state index in [1.807, 2.05) is 0 Å². The van der Waals surface area contributed by atoms with Gasteiger partial charge in [-0.25, -0.2) is 9.18 Å². The second-order valence-electron chi connectivity index (χ2n) is 5.65. The third-order valence-electron chi connectivity index (χ3n) is 2.58. The van der Waals surface area contributed by atoms with E-state index in [2.05, 4.69) is 0 Å². The van der Waals surface area contributed by atoms with Crippen molar-refractivity contribution in [2.45, 2.75) is 39.4 Å². The van der Waals surface area contributed by atoms with Gasteiger partial charge in [-0.2, -0.15) is 0 Å². The molecule has 0 radical (unpaired) electrons. The number of rotatable bonds is 1. The van der Waals surface area contributed by atoms with Crippen LogP contribution in [0.1, 0.15) is 27.7 Å². The molecule has 6 heteroatoms. The summed E-state index contributed by atoms with van der Waals surface area (Å²) in [6, 6.07) is 0. The maximum atomic E-state index is 13.5. The van der Waals surface area contributed by atoms with E-state index < -0.39 is 24.1 Å². The van der Waals surface area contributed by atoms with Gasteiger partial charge < -0.3 is 19.5 Å². The fourth-order valence-corrected chi connectivity index (χ4v) is 1.69. The van der Waals surface area contributed by atoms with Gasteiger partial charge in [-0.05, 0) is 27.7 Å². The molecule has 0 aromatic heterocycles. The number of ether oxygens (including phenoxy) is 2. The number of aliphatic hydroxyl groups excluding tert-OH is 1. The minimum atomic E-state index is -0.685. The lowest BCUT2D eigenvalue weighted by Gasteiger charge is -2.27. The van der Waals surface area contributed by atoms with Gasteiger partial charge >= 0.3 is 6.09 Å². The quantitative estimate of drug-likeness (QED) is 0.793. The molecule has 19 heavy (non-hydrogen) atoms. The van der Waals surface area contributed by atoms with E-state index in [1.165, 1.54) is 4.90 Å². The first kappa shape index (κ1) is 15.9. The van der Waals surface area contributed by atoms with E-state index in [0.717, 1.165) is 0 Å². The minimum Gasteiger partial charge on any atom is -0.444 e. The molecule has 0 bridgehead atoms. The lowest BCUT2D eigenvalue weighted by atomic mass is 10.2. The summed E-state index contributed by atoms with van der Waals surface area (Å²) >= 11 is 0. The lowest BCUT2D eigenvalue weighted by molar-refractivity contribution is 0.0172.